The molecular weight excluding hydrogens is 450 g/mol. The predicted octanol–water partition coefficient (Wildman–Crippen LogP) is 3.35. The van der Waals surface area contributed by atoms with Crippen LogP contribution in [0.4, 0.5) is 5.69 Å². The van der Waals surface area contributed by atoms with Gasteiger partial charge in [0.05, 0.1) is 12.7 Å². The van der Waals surface area contributed by atoms with E-state index in [2.05, 4.69) is 16.2 Å². The highest BCUT2D eigenvalue weighted by atomic mass is 16.5. The van der Waals surface area contributed by atoms with E-state index >= 15 is 0 Å². The van der Waals surface area contributed by atoms with Gasteiger partial charge in [-0.3, -0.25) is 25.2 Å². The van der Waals surface area contributed by atoms with Gasteiger partial charge in [-0.25, -0.2) is 4.79 Å². The van der Waals surface area contributed by atoms with Gasteiger partial charge in [-0.15, -0.1) is 0 Å². The predicted molar refractivity (Wildman–Crippen MR) is 130 cm³/mol. The summed E-state index contributed by atoms with van der Waals surface area (Å²) in [6, 6.07) is 19.3. The molecule has 0 heterocycles. The number of hydrogen-bond acceptors (Lipinski definition) is 6. The Morgan fingerprint density at radius 2 is 1.46 bits per heavy atom. The van der Waals surface area contributed by atoms with Crippen molar-refractivity contribution in [3.63, 3.8) is 0 Å². The monoisotopic (exact) mass is 473 g/mol. The van der Waals surface area contributed by atoms with Crippen LogP contribution in [0, 0.1) is 0 Å². The second-order valence-electron chi connectivity index (χ2n) is 7.19. The number of anilines is 1. The fraction of sp³-hybridized carbons (Fsp3) is 0.0769. The Morgan fingerprint density at radius 3 is 2.11 bits per heavy atom. The number of benzene rings is 3. The number of carbonyl (C=O) groups is 4. The third-order valence-corrected chi connectivity index (χ3v) is 4.63. The number of amides is 3. The van der Waals surface area contributed by atoms with Crippen LogP contribution in [0.15, 0.2) is 78.9 Å². The van der Waals surface area contributed by atoms with E-state index in [1.54, 1.807) is 60.7 Å². The summed E-state index contributed by atoms with van der Waals surface area (Å²) in [5.74, 6) is -1.03. The van der Waals surface area contributed by atoms with Gasteiger partial charge in [0.1, 0.15) is 11.5 Å². The van der Waals surface area contributed by atoms with Crippen molar-refractivity contribution in [1.29, 1.82) is 0 Å². The normalized spacial score (nSPS) is 10.3. The minimum Gasteiger partial charge on any atom is -0.497 e. The van der Waals surface area contributed by atoms with Crippen molar-refractivity contribution in [3.8, 4) is 11.5 Å². The maximum absolute atomic E-state index is 12.5. The highest BCUT2D eigenvalue weighted by molar-refractivity contribution is 5.99. The van der Waals surface area contributed by atoms with Crippen LogP contribution in [-0.4, -0.2) is 30.8 Å². The van der Waals surface area contributed by atoms with Gasteiger partial charge in [-0.05, 0) is 60.7 Å². The number of hydrazine groups is 1. The van der Waals surface area contributed by atoms with Crippen molar-refractivity contribution < 1.29 is 28.7 Å². The lowest BCUT2D eigenvalue weighted by atomic mass is 10.1. The molecule has 178 valence electrons. The van der Waals surface area contributed by atoms with Crippen LogP contribution in [0.1, 0.15) is 33.2 Å². The fourth-order valence-electron chi connectivity index (χ4n) is 2.90. The molecular formula is C26H23N3O6. The molecule has 0 saturated carbocycles. The summed E-state index contributed by atoms with van der Waals surface area (Å²) >= 11 is 0. The molecule has 3 rings (SSSR count). The van der Waals surface area contributed by atoms with Crippen molar-refractivity contribution in [3.05, 3.63) is 95.6 Å². The molecule has 0 fully saturated rings. The smallest absolute Gasteiger partial charge is 0.343 e. The summed E-state index contributed by atoms with van der Waals surface area (Å²) in [6.07, 6.45) is 2.65. The zero-order valence-electron chi connectivity index (χ0n) is 19.0. The molecule has 0 bridgehead atoms. The van der Waals surface area contributed by atoms with Crippen LogP contribution in [-0.2, 0) is 9.59 Å². The second-order valence-corrected chi connectivity index (χ2v) is 7.19. The first kappa shape index (κ1) is 24.7. The summed E-state index contributed by atoms with van der Waals surface area (Å²) in [7, 11) is 1.53. The van der Waals surface area contributed by atoms with Crippen molar-refractivity contribution in [2.45, 2.75) is 6.92 Å². The average Bonchev–Trinajstić information content (AvgIpc) is 2.86. The molecule has 9 nitrogen and oxygen atoms in total. The van der Waals surface area contributed by atoms with E-state index in [1.807, 2.05) is 0 Å². The van der Waals surface area contributed by atoms with Crippen molar-refractivity contribution in [2.24, 2.45) is 0 Å². The molecule has 9 heteroatoms. The molecule has 3 amide bonds. The quantitative estimate of drug-likeness (QED) is 0.209. The molecule has 0 aliphatic carbocycles. The Morgan fingerprint density at radius 1 is 0.800 bits per heavy atom. The molecule has 3 aromatic carbocycles. The number of nitrogens with one attached hydrogen (secondary N) is 3. The van der Waals surface area contributed by atoms with Crippen LogP contribution >= 0.6 is 0 Å². The highest BCUT2D eigenvalue weighted by Gasteiger charge is 2.11. The summed E-state index contributed by atoms with van der Waals surface area (Å²) in [5, 5.41) is 2.60. The van der Waals surface area contributed by atoms with Crippen LogP contribution < -0.4 is 25.6 Å². The molecule has 0 aliphatic heterocycles. The highest BCUT2D eigenvalue weighted by Crippen LogP contribution is 2.21. The van der Waals surface area contributed by atoms with Gasteiger partial charge >= 0.3 is 5.97 Å². The third-order valence-electron chi connectivity index (χ3n) is 4.63. The van der Waals surface area contributed by atoms with E-state index < -0.39 is 17.8 Å². The number of methoxy groups -OCH3 is 1. The van der Waals surface area contributed by atoms with Crippen LogP contribution in [0.25, 0.3) is 6.08 Å². The molecule has 0 saturated heterocycles. The second kappa shape index (κ2) is 11.8. The van der Waals surface area contributed by atoms with Crippen LogP contribution in [0.3, 0.4) is 0 Å². The number of esters is 1. The Bertz CT molecular complexity index is 1250. The van der Waals surface area contributed by atoms with E-state index in [0.717, 1.165) is 0 Å². The number of carbonyl (C=O) groups excluding carboxylic acids is 4. The molecule has 0 atom stereocenters. The van der Waals surface area contributed by atoms with Gasteiger partial charge in [0.25, 0.3) is 11.8 Å². The van der Waals surface area contributed by atoms with Crippen LogP contribution in [0.5, 0.6) is 11.5 Å². The molecule has 0 unspecified atom stereocenters. The molecule has 3 aromatic rings. The van der Waals surface area contributed by atoms with E-state index in [9.17, 15) is 19.2 Å². The van der Waals surface area contributed by atoms with Crippen molar-refractivity contribution >= 4 is 35.5 Å². The van der Waals surface area contributed by atoms with E-state index in [-0.39, 0.29) is 11.7 Å². The minimum atomic E-state index is -0.593. The lowest BCUT2D eigenvalue weighted by Gasteiger charge is -2.08. The Balaban J connectivity index is 1.57. The van der Waals surface area contributed by atoms with Gasteiger partial charge in [-0.1, -0.05) is 18.2 Å². The van der Waals surface area contributed by atoms with Gasteiger partial charge in [-0.2, -0.15) is 0 Å². The molecule has 3 N–H and O–H groups in total. The first-order chi connectivity index (χ1) is 16.9. The van der Waals surface area contributed by atoms with Gasteiger partial charge < -0.3 is 14.8 Å². The molecule has 0 radical (unpaired) electrons. The molecule has 0 aromatic heterocycles. The van der Waals surface area contributed by atoms with Gasteiger partial charge in [0, 0.05) is 29.8 Å². The SMILES string of the molecule is COc1ccc(C(=O)Oc2ccccc2/C=C/C(=O)NNC(=O)c2ccc(NC(C)=O)cc2)cc1. The zero-order valence-corrected chi connectivity index (χ0v) is 19.0. The molecule has 0 spiro atoms. The summed E-state index contributed by atoms with van der Waals surface area (Å²) in [6.45, 7) is 1.38. The largest absolute Gasteiger partial charge is 0.497 e. The minimum absolute atomic E-state index is 0.224. The van der Waals surface area contributed by atoms with Crippen molar-refractivity contribution in [2.75, 3.05) is 12.4 Å². The summed E-state index contributed by atoms with van der Waals surface area (Å²) < 4.78 is 10.5. The van der Waals surface area contributed by atoms with E-state index in [1.165, 1.54) is 38.3 Å². The van der Waals surface area contributed by atoms with E-state index in [4.69, 9.17) is 9.47 Å². The Labute approximate surface area is 201 Å². The van der Waals surface area contributed by atoms with E-state index in [0.29, 0.717) is 28.1 Å². The standard InChI is InChI=1S/C26H23N3O6/c1-17(30)27-21-12-7-19(8-13-21)25(32)29-28-24(31)16-11-18-5-3-4-6-23(18)35-26(33)20-9-14-22(34-2)15-10-20/h3-16H,1-2H3,(H,27,30)(H,28,31)(H,29,32)/b16-11+. The zero-order chi connectivity index (χ0) is 25.2. The molecule has 35 heavy (non-hydrogen) atoms. The lowest BCUT2D eigenvalue weighted by Crippen LogP contribution is -2.40. The number of para-hydroxylation sites is 1. The van der Waals surface area contributed by atoms with Crippen LogP contribution in [0.2, 0.25) is 0 Å². The Hall–Kier alpha value is -4.92. The maximum Gasteiger partial charge on any atom is 0.343 e. The number of rotatable bonds is 7. The number of ether oxygens (including phenoxy) is 2. The lowest BCUT2D eigenvalue weighted by molar-refractivity contribution is -0.117. The maximum atomic E-state index is 12.5. The number of hydrogen-bond donors (Lipinski definition) is 3. The first-order valence-electron chi connectivity index (χ1n) is 10.5. The van der Waals surface area contributed by atoms with Crippen molar-refractivity contribution in [1.82, 2.24) is 10.9 Å². The topological polar surface area (TPSA) is 123 Å². The fourth-order valence-corrected chi connectivity index (χ4v) is 2.90. The Kier molecular flexibility index (Phi) is 8.33. The average molecular weight is 473 g/mol. The first-order valence-corrected chi connectivity index (χ1v) is 10.5. The van der Waals surface area contributed by atoms with Gasteiger partial charge in [0.15, 0.2) is 0 Å². The van der Waals surface area contributed by atoms with Gasteiger partial charge in [0.2, 0.25) is 5.91 Å². The summed E-state index contributed by atoms with van der Waals surface area (Å²) in [5.41, 5.74) is 6.25. The third kappa shape index (κ3) is 7.29. The molecule has 0 aliphatic rings. The summed E-state index contributed by atoms with van der Waals surface area (Å²) in [4.78, 5) is 47.9.